The molecule has 0 bridgehead atoms. The highest BCUT2D eigenvalue weighted by atomic mass is 35.5. The average molecular weight is 256 g/mol. The quantitative estimate of drug-likeness (QED) is 0.845. The zero-order valence-electron chi connectivity index (χ0n) is 9.27. The summed E-state index contributed by atoms with van der Waals surface area (Å²) in [6, 6.07) is 4.29. The van der Waals surface area contributed by atoms with Gasteiger partial charge >= 0.3 is 0 Å². The highest BCUT2D eigenvalue weighted by molar-refractivity contribution is 6.32. The van der Waals surface area contributed by atoms with Gasteiger partial charge in [-0.3, -0.25) is 4.79 Å². The maximum absolute atomic E-state index is 12.2. The SMILES string of the molecule is O=C(c1ccc(O)c(Cl)c1)N1CCCC1CO. The van der Waals surface area contributed by atoms with Crippen LogP contribution in [0.3, 0.4) is 0 Å². The van der Waals surface area contributed by atoms with Crippen LogP contribution in [0.4, 0.5) is 0 Å². The van der Waals surface area contributed by atoms with Gasteiger partial charge in [-0.15, -0.1) is 0 Å². The van der Waals surface area contributed by atoms with Crippen LogP contribution in [0, 0.1) is 0 Å². The first-order valence-electron chi connectivity index (χ1n) is 5.54. The van der Waals surface area contributed by atoms with Gasteiger partial charge in [0.25, 0.3) is 5.91 Å². The van der Waals surface area contributed by atoms with Crippen LogP contribution in [0.15, 0.2) is 18.2 Å². The molecule has 0 spiro atoms. The molecule has 4 nitrogen and oxygen atoms in total. The van der Waals surface area contributed by atoms with Crippen LogP contribution in [0.1, 0.15) is 23.2 Å². The van der Waals surface area contributed by atoms with E-state index in [1.807, 2.05) is 0 Å². The Kier molecular flexibility index (Phi) is 3.54. The van der Waals surface area contributed by atoms with Crippen molar-refractivity contribution in [3.8, 4) is 5.75 Å². The van der Waals surface area contributed by atoms with E-state index in [1.165, 1.54) is 18.2 Å². The number of aliphatic hydroxyl groups excluding tert-OH is 1. The maximum Gasteiger partial charge on any atom is 0.254 e. The van der Waals surface area contributed by atoms with Gasteiger partial charge in [0.2, 0.25) is 0 Å². The number of carbonyl (C=O) groups is 1. The highest BCUT2D eigenvalue weighted by Gasteiger charge is 2.28. The standard InChI is InChI=1S/C12H14ClNO3/c13-10-6-8(3-4-11(10)16)12(17)14-5-1-2-9(14)7-15/h3-4,6,9,15-16H,1-2,5,7H2. The molecule has 2 N–H and O–H groups in total. The molecule has 1 heterocycles. The van der Waals surface area contributed by atoms with E-state index < -0.39 is 0 Å². The third kappa shape index (κ3) is 2.37. The summed E-state index contributed by atoms with van der Waals surface area (Å²) in [5, 5.41) is 18.6. The van der Waals surface area contributed by atoms with E-state index in [2.05, 4.69) is 0 Å². The minimum absolute atomic E-state index is 0.0163. The molecule has 1 aliphatic rings. The fourth-order valence-corrected chi connectivity index (χ4v) is 2.28. The minimum Gasteiger partial charge on any atom is -0.506 e. The van der Waals surface area contributed by atoms with Gasteiger partial charge in [0.1, 0.15) is 5.75 Å². The monoisotopic (exact) mass is 255 g/mol. The molecule has 0 radical (unpaired) electrons. The van der Waals surface area contributed by atoms with Crippen LogP contribution < -0.4 is 0 Å². The molecule has 0 saturated carbocycles. The lowest BCUT2D eigenvalue weighted by atomic mass is 10.1. The number of rotatable bonds is 2. The lowest BCUT2D eigenvalue weighted by Crippen LogP contribution is -2.37. The number of carbonyl (C=O) groups excluding carboxylic acids is 1. The predicted octanol–water partition coefficient (Wildman–Crippen LogP) is 1.64. The molecule has 2 rings (SSSR count). The molecule has 0 aromatic heterocycles. The first kappa shape index (κ1) is 12.2. The summed E-state index contributed by atoms with van der Waals surface area (Å²) >= 11 is 5.76. The lowest BCUT2D eigenvalue weighted by molar-refractivity contribution is 0.0677. The van der Waals surface area contributed by atoms with Crippen molar-refractivity contribution in [3.05, 3.63) is 28.8 Å². The molecular formula is C12H14ClNO3. The third-order valence-corrected chi connectivity index (χ3v) is 3.35. The van der Waals surface area contributed by atoms with Crippen molar-refractivity contribution in [2.75, 3.05) is 13.2 Å². The predicted molar refractivity (Wildman–Crippen MR) is 64.3 cm³/mol. The van der Waals surface area contributed by atoms with Gasteiger partial charge in [-0.25, -0.2) is 0 Å². The van der Waals surface area contributed by atoms with Gasteiger partial charge in [-0.05, 0) is 31.0 Å². The number of phenols is 1. The third-order valence-electron chi connectivity index (χ3n) is 3.04. The first-order valence-corrected chi connectivity index (χ1v) is 5.91. The second-order valence-corrected chi connectivity index (χ2v) is 4.55. The molecule has 5 heteroatoms. The summed E-state index contributed by atoms with van der Waals surface area (Å²) in [6.07, 6.45) is 1.73. The van der Waals surface area contributed by atoms with E-state index in [0.717, 1.165) is 12.8 Å². The van der Waals surface area contributed by atoms with Crippen LogP contribution in [-0.4, -0.2) is 40.2 Å². The fourth-order valence-electron chi connectivity index (χ4n) is 2.10. The maximum atomic E-state index is 12.2. The van der Waals surface area contributed by atoms with Crippen molar-refractivity contribution in [1.29, 1.82) is 0 Å². The Morgan fingerprint density at radius 1 is 1.53 bits per heavy atom. The summed E-state index contributed by atoms with van der Waals surface area (Å²) in [5.41, 5.74) is 0.438. The largest absolute Gasteiger partial charge is 0.506 e. The number of amides is 1. The summed E-state index contributed by atoms with van der Waals surface area (Å²) in [7, 11) is 0. The number of hydrogen-bond acceptors (Lipinski definition) is 3. The molecule has 1 atom stereocenters. The van der Waals surface area contributed by atoms with Crippen molar-refractivity contribution < 1.29 is 15.0 Å². The van der Waals surface area contributed by atoms with Gasteiger partial charge in [0.05, 0.1) is 17.7 Å². The molecule has 1 aliphatic heterocycles. The van der Waals surface area contributed by atoms with Crippen LogP contribution in [0.25, 0.3) is 0 Å². The summed E-state index contributed by atoms with van der Waals surface area (Å²) in [4.78, 5) is 13.8. The second kappa shape index (κ2) is 4.94. The average Bonchev–Trinajstić information content (AvgIpc) is 2.80. The minimum atomic E-state index is -0.150. The Labute approximate surface area is 104 Å². The van der Waals surface area contributed by atoms with E-state index in [-0.39, 0.29) is 29.3 Å². The van der Waals surface area contributed by atoms with E-state index in [1.54, 1.807) is 4.90 Å². The summed E-state index contributed by atoms with van der Waals surface area (Å²) < 4.78 is 0. The number of aromatic hydroxyl groups is 1. The van der Waals surface area contributed by atoms with E-state index >= 15 is 0 Å². The Balaban J connectivity index is 2.21. The molecule has 1 unspecified atom stereocenters. The molecule has 1 amide bonds. The van der Waals surface area contributed by atoms with Gasteiger partial charge in [0, 0.05) is 12.1 Å². The van der Waals surface area contributed by atoms with Gasteiger partial charge < -0.3 is 15.1 Å². The Morgan fingerprint density at radius 3 is 2.94 bits per heavy atom. The Morgan fingerprint density at radius 2 is 2.29 bits per heavy atom. The van der Waals surface area contributed by atoms with E-state index in [4.69, 9.17) is 11.6 Å². The van der Waals surface area contributed by atoms with Crippen molar-refractivity contribution in [2.45, 2.75) is 18.9 Å². The van der Waals surface area contributed by atoms with Crippen LogP contribution in [-0.2, 0) is 0 Å². The smallest absolute Gasteiger partial charge is 0.254 e. The molecule has 1 aromatic carbocycles. The van der Waals surface area contributed by atoms with Crippen molar-refractivity contribution in [1.82, 2.24) is 4.90 Å². The highest BCUT2D eigenvalue weighted by Crippen LogP contribution is 2.26. The molecular weight excluding hydrogens is 242 g/mol. The first-order chi connectivity index (χ1) is 8.13. The number of hydrogen-bond donors (Lipinski definition) is 2. The Bertz CT molecular complexity index is 436. The number of benzene rings is 1. The number of likely N-dealkylation sites (tertiary alicyclic amines) is 1. The molecule has 92 valence electrons. The second-order valence-electron chi connectivity index (χ2n) is 4.14. The molecule has 17 heavy (non-hydrogen) atoms. The number of phenolic OH excluding ortho intramolecular Hbond substituents is 1. The van der Waals surface area contributed by atoms with Crippen LogP contribution in [0.5, 0.6) is 5.75 Å². The van der Waals surface area contributed by atoms with Crippen molar-refractivity contribution in [3.63, 3.8) is 0 Å². The molecule has 1 saturated heterocycles. The zero-order valence-corrected chi connectivity index (χ0v) is 10.0. The topological polar surface area (TPSA) is 60.8 Å². The fraction of sp³-hybridized carbons (Fsp3) is 0.417. The number of halogens is 1. The van der Waals surface area contributed by atoms with Crippen molar-refractivity contribution in [2.24, 2.45) is 0 Å². The van der Waals surface area contributed by atoms with Gasteiger partial charge in [-0.1, -0.05) is 11.6 Å². The number of nitrogens with zero attached hydrogens (tertiary/aromatic N) is 1. The van der Waals surface area contributed by atoms with Crippen LogP contribution in [0.2, 0.25) is 5.02 Å². The molecule has 1 aromatic rings. The normalized spacial score (nSPS) is 19.6. The zero-order chi connectivity index (χ0) is 12.4. The van der Waals surface area contributed by atoms with Gasteiger partial charge in [0.15, 0.2) is 0 Å². The van der Waals surface area contributed by atoms with E-state index in [0.29, 0.717) is 12.1 Å². The summed E-state index contributed by atoms with van der Waals surface area (Å²) in [6.45, 7) is 0.639. The Hall–Kier alpha value is -1.26. The van der Waals surface area contributed by atoms with E-state index in [9.17, 15) is 15.0 Å². The summed E-state index contributed by atoms with van der Waals surface area (Å²) in [5.74, 6) is -0.188. The van der Waals surface area contributed by atoms with Gasteiger partial charge in [-0.2, -0.15) is 0 Å². The lowest BCUT2D eigenvalue weighted by Gasteiger charge is -2.23. The van der Waals surface area contributed by atoms with Crippen molar-refractivity contribution >= 4 is 17.5 Å². The molecule has 0 aliphatic carbocycles. The number of aliphatic hydroxyl groups is 1. The van der Waals surface area contributed by atoms with Crippen LogP contribution >= 0.6 is 11.6 Å². The molecule has 1 fully saturated rings.